The first-order valence-corrected chi connectivity index (χ1v) is 6.69. The molecule has 1 unspecified atom stereocenters. The third-order valence-corrected chi connectivity index (χ3v) is 3.78. The highest BCUT2D eigenvalue weighted by Crippen LogP contribution is 2.29. The third-order valence-electron chi connectivity index (χ3n) is 3.78. The molecule has 0 radical (unpaired) electrons. The lowest BCUT2D eigenvalue weighted by Gasteiger charge is -2.19. The van der Waals surface area contributed by atoms with E-state index in [1.165, 1.54) is 0 Å². The molecule has 0 saturated carbocycles. The first-order valence-electron chi connectivity index (χ1n) is 6.69. The van der Waals surface area contributed by atoms with Gasteiger partial charge in [0, 0.05) is 19.6 Å². The van der Waals surface area contributed by atoms with Gasteiger partial charge in [-0.2, -0.15) is 0 Å². The van der Waals surface area contributed by atoms with E-state index in [1.54, 1.807) is 12.5 Å². The van der Waals surface area contributed by atoms with Gasteiger partial charge in [-0.1, -0.05) is 0 Å². The molecule has 0 amide bonds. The standard InChI is InChI=1S/C13H19N5O/c1-9(2)18-5-4-10(7-18)12-15-16-13(19-12)11-6-14-8-17(11)3/h6,8-10H,4-5,7H2,1-3H3. The fourth-order valence-corrected chi connectivity index (χ4v) is 2.52. The van der Waals surface area contributed by atoms with Crippen LogP contribution in [0.15, 0.2) is 16.9 Å². The highest BCUT2D eigenvalue weighted by molar-refractivity contribution is 5.44. The number of hydrogen-bond donors (Lipinski definition) is 0. The molecule has 0 bridgehead atoms. The van der Waals surface area contributed by atoms with Gasteiger partial charge >= 0.3 is 0 Å². The van der Waals surface area contributed by atoms with E-state index in [0.29, 0.717) is 17.9 Å². The van der Waals surface area contributed by atoms with E-state index in [9.17, 15) is 0 Å². The summed E-state index contributed by atoms with van der Waals surface area (Å²) >= 11 is 0. The summed E-state index contributed by atoms with van der Waals surface area (Å²) in [7, 11) is 1.92. The Labute approximate surface area is 112 Å². The van der Waals surface area contributed by atoms with Crippen molar-refractivity contribution < 1.29 is 4.42 Å². The van der Waals surface area contributed by atoms with Crippen LogP contribution in [0.4, 0.5) is 0 Å². The van der Waals surface area contributed by atoms with E-state index in [0.717, 1.165) is 31.1 Å². The molecule has 1 saturated heterocycles. The van der Waals surface area contributed by atoms with E-state index in [-0.39, 0.29) is 0 Å². The summed E-state index contributed by atoms with van der Waals surface area (Å²) in [6, 6.07) is 0.574. The number of rotatable bonds is 3. The van der Waals surface area contributed by atoms with Crippen LogP contribution in [-0.2, 0) is 7.05 Å². The smallest absolute Gasteiger partial charge is 0.265 e. The molecule has 2 aromatic heterocycles. The Kier molecular flexibility index (Phi) is 3.10. The van der Waals surface area contributed by atoms with Crippen LogP contribution in [0, 0.1) is 0 Å². The molecular formula is C13H19N5O. The maximum absolute atomic E-state index is 5.81. The van der Waals surface area contributed by atoms with Crippen LogP contribution in [0.5, 0.6) is 0 Å². The van der Waals surface area contributed by atoms with E-state index in [1.807, 2.05) is 11.6 Å². The monoisotopic (exact) mass is 261 g/mol. The highest BCUT2D eigenvalue weighted by atomic mass is 16.4. The normalized spacial score (nSPS) is 20.5. The SMILES string of the molecule is CC(C)N1CCC(c2nnc(-c3cncn3C)o2)C1. The number of aryl methyl sites for hydroxylation is 1. The topological polar surface area (TPSA) is 60.0 Å². The summed E-state index contributed by atoms with van der Waals surface area (Å²) in [5.74, 6) is 1.66. The first kappa shape index (κ1) is 12.3. The van der Waals surface area contributed by atoms with Crippen LogP contribution in [0.1, 0.15) is 32.1 Å². The summed E-state index contributed by atoms with van der Waals surface area (Å²) in [6.07, 6.45) is 4.56. The molecule has 0 N–H and O–H groups in total. The molecule has 1 atom stereocenters. The van der Waals surface area contributed by atoms with Gasteiger partial charge in [0.2, 0.25) is 5.89 Å². The van der Waals surface area contributed by atoms with E-state index < -0.39 is 0 Å². The third kappa shape index (κ3) is 2.28. The fourth-order valence-electron chi connectivity index (χ4n) is 2.52. The average Bonchev–Trinajstić information content (AvgIpc) is 3.07. The molecule has 1 aliphatic heterocycles. The molecule has 0 spiro atoms. The summed E-state index contributed by atoms with van der Waals surface area (Å²) in [5, 5.41) is 8.34. The lowest BCUT2D eigenvalue weighted by molar-refractivity contribution is 0.269. The minimum absolute atomic E-state index is 0.358. The van der Waals surface area contributed by atoms with Crippen molar-refractivity contribution in [1.29, 1.82) is 0 Å². The van der Waals surface area contributed by atoms with Crippen LogP contribution >= 0.6 is 0 Å². The molecule has 2 aromatic rings. The van der Waals surface area contributed by atoms with Crippen molar-refractivity contribution in [2.24, 2.45) is 7.05 Å². The molecule has 102 valence electrons. The first-order chi connectivity index (χ1) is 9.15. The Balaban J connectivity index is 1.78. The van der Waals surface area contributed by atoms with E-state index >= 15 is 0 Å². The number of aromatic nitrogens is 4. The number of nitrogens with zero attached hydrogens (tertiary/aromatic N) is 5. The maximum Gasteiger partial charge on any atom is 0.265 e. The zero-order valence-electron chi connectivity index (χ0n) is 11.6. The molecule has 19 heavy (non-hydrogen) atoms. The van der Waals surface area contributed by atoms with Gasteiger partial charge in [-0.3, -0.25) is 0 Å². The number of likely N-dealkylation sites (tertiary alicyclic amines) is 1. The molecule has 6 heteroatoms. The molecule has 0 aromatic carbocycles. The summed E-state index contributed by atoms with van der Waals surface area (Å²) in [5.41, 5.74) is 0.859. The van der Waals surface area contributed by atoms with Crippen molar-refractivity contribution in [2.75, 3.05) is 13.1 Å². The van der Waals surface area contributed by atoms with Gasteiger partial charge in [-0.15, -0.1) is 10.2 Å². The predicted octanol–water partition coefficient (Wildman–Crippen LogP) is 1.67. The average molecular weight is 261 g/mol. The van der Waals surface area contributed by atoms with E-state index in [2.05, 4.69) is 33.9 Å². The highest BCUT2D eigenvalue weighted by Gasteiger charge is 2.29. The second-order valence-electron chi connectivity index (χ2n) is 5.41. The molecule has 0 aliphatic carbocycles. The lowest BCUT2D eigenvalue weighted by atomic mass is 10.1. The lowest BCUT2D eigenvalue weighted by Crippen LogP contribution is -2.27. The maximum atomic E-state index is 5.81. The van der Waals surface area contributed by atoms with Crippen LogP contribution in [0.3, 0.4) is 0 Å². The molecule has 6 nitrogen and oxygen atoms in total. The van der Waals surface area contributed by atoms with Crippen LogP contribution in [0.2, 0.25) is 0 Å². The van der Waals surface area contributed by atoms with Gasteiger partial charge in [0.15, 0.2) is 0 Å². The van der Waals surface area contributed by atoms with Crippen molar-refractivity contribution in [3.05, 3.63) is 18.4 Å². The Bertz CT molecular complexity index is 559. The zero-order chi connectivity index (χ0) is 13.4. The van der Waals surface area contributed by atoms with Gasteiger partial charge in [0.1, 0.15) is 5.69 Å². The van der Waals surface area contributed by atoms with Crippen LogP contribution in [0.25, 0.3) is 11.6 Å². The Morgan fingerprint density at radius 2 is 2.21 bits per heavy atom. The molecular weight excluding hydrogens is 242 g/mol. The van der Waals surface area contributed by atoms with Crippen molar-refractivity contribution in [3.8, 4) is 11.6 Å². The fraction of sp³-hybridized carbons (Fsp3) is 0.615. The van der Waals surface area contributed by atoms with Crippen LogP contribution < -0.4 is 0 Å². The van der Waals surface area contributed by atoms with Gasteiger partial charge in [0.25, 0.3) is 5.89 Å². The predicted molar refractivity (Wildman–Crippen MR) is 70.6 cm³/mol. The molecule has 3 rings (SSSR count). The van der Waals surface area contributed by atoms with Crippen LogP contribution in [-0.4, -0.2) is 43.8 Å². The molecule has 1 aliphatic rings. The number of imidazole rings is 1. The zero-order valence-corrected chi connectivity index (χ0v) is 11.6. The quantitative estimate of drug-likeness (QED) is 0.841. The van der Waals surface area contributed by atoms with E-state index in [4.69, 9.17) is 4.42 Å². The van der Waals surface area contributed by atoms with Crippen molar-refractivity contribution in [2.45, 2.75) is 32.2 Å². The van der Waals surface area contributed by atoms with Crippen molar-refractivity contribution in [3.63, 3.8) is 0 Å². The molecule has 1 fully saturated rings. The minimum atomic E-state index is 0.358. The molecule has 3 heterocycles. The Morgan fingerprint density at radius 1 is 1.37 bits per heavy atom. The minimum Gasteiger partial charge on any atom is -0.419 e. The second kappa shape index (κ2) is 4.77. The largest absolute Gasteiger partial charge is 0.419 e. The number of hydrogen-bond acceptors (Lipinski definition) is 5. The van der Waals surface area contributed by atoms with Gasteiger partial charge in [-0.25, -0.2) is 4.98 Å². The Morgan fingerprint density at radius 3 is 2.84 bits per heavy atom. The second-order valence-corrected chi connectivity index (χ2v) is 5.41. The van der Waals surface area contributed by atoms with Gasteiger partial charge < -0.3 is 13.9 Å². The van der Waals surface area contributed by atoms with Gasteiger partial charge in [0.05, 0.1) is 18.4 Å². The summed E-state index contributed by atoms with van der Waals surface area (Å²) in [4.78, 5) is 6.51. The summed E-state index contributed by atoms with van der Waals surface area (Å²) < 4.78 is 7.69. The van der Waals surface area contributed by atoms with Crippen molar-refractivity contribution >= 4 is 0 Å². The Hall–Kier alpha value is -1.69. The summed E-state index contributed by atoms with van der Waals surface area (Å²) in [6.45, 7) is 6.55. The van der Waals surface area contributed by atoms with Crippen molar-refractivity contribution in [1.82, 2.24) is 24.6 Å². The van der Waals surface area contributed by atoms with Gasteiger partial charge in [-0.05, 0) is 26.8 Å².